The molecule has 0 fully saturated rings. The molecule has 2 aromatic carbocycles. The van der Waals surface area contributed by atoms with Crippen LogP contribution in [0.5, 0.6) is 11.5 Å². The van der Waals surface area contributed by atoms with E-state index >= 15 is 0 Å². The molecule has 126 valence electrons. The molecule has 0 aliphatic rings. The smallest absolute Gasteiger partial charge is 0.262 e. The van der Waals surface area contributed by atoms with Crippen LogP contribution < -0.4 is 14.8 Å². The first-order valence-electron chi connectivity index (χ1n) is 7.29. The summed E-state index contributed by atoms with van der Waals surface area (Å²) in [5, 5.41) is 2.76. The topological polar surface area (TPSA) is 64.6 Å². The van der Waals surface area contributed by atoms with Gasteiger partial charge in [-0.15, -0.1) is 11.8 Å². The van der Waals surface area contributed by atoms with Crippen LogP contribution in [0.15, 0.2) is 47.4 Å². The number of thioether (sulfide) groups is 1. The highest BCUT2D eigenvalue weighted by Gasteiger charge is 2.10. The second kappa shape index (κ2) is 8.40. The Labute approximate surface area is 145 Å². The van der Waals surface area contributed by atoms with Gasteiger partial charge in [-0.05, 0) is 55.6 Å². The van der Waals surface area contributed by atoms with Crippen molar-refractivity contribution in [1.29, 1.82) is 0 Å². The van der Waals surface area contributed by atoms with Gasteiger partial charge >= 0.3 is 0 Å². The number of anilines is 1. The monoisotopic (exact) mass is 345 g/mol. The van der Waals surface area contributed by atoms with E-state index in [0.717, 1.165) is 4.90 Å². The van der Waals surface area contributed by atoms with Crippen LogP contribution in [-0.4, -0.2) is 31.7 Å². The number of methoxy groups -OCH3 is 1. The van der Waals surface area contributed by atoms with Crippen molar-refractivity contribution in [2.24, 2.45) is 0 Å². The maximum Gasteiger partial charge on any atom is 0.262 e. The van der Waals surface area contributed by atoms with Crippen LogP contribution >= 0.6 is 11.8 Å². The quantitative estimate of drug-likeness (QED) is 0.613. The lowest BCUT2D eigenvalue weighted by Gasteiger charge is -2.12. The van der Waals surface area contributed by atoms with Gasteiger partial charge in [-0.3, -0.25) is 9.59 Å². The lowest BCUT2D eigenvalue weighted by molar-refractivity contribution is -0.118. The number of hydrogen-bond donors (Lipinski definition) is 1. The lowest BCUT2D eigenvalue weighted by Crippen LogP contribution is -2.20. The van der Waals surface area contributed by atoms with Crippen molar-refractivity contribution in [1.82, 2.24) is 0 Å². The standard InChI is InChI=1S/C18H19NO4S/c1-12(20)13-4-9-16(17(10-13)22-2)23-11-18(21)19-14-5-7-15(24-3)8-6-14/h4-10H,11H2,1-3H3,(H,19,21). The zero-order valence-electron chi connectivity index (χ0n) is 13.8. The molecule has 2 aromatic rings. The predicted molar refractivity (Wildman–Crippen MR) is 95.3 cm³/mol. The highest BCUT2D eigenvalue weighted by Crippen LogP contribution is 2.28. The Kier molecular flexibility index (Phi) is 6.26. The molecule has 0 aliphatic carbocycles. The SMILES string of the molecule is COc1cc(C(C)=O)ccc1OCC(=O)Nc1ccc(SC)cc1. The Morgan fingerprint density at radius 2 is 1.79 bits per heavy atom. The van der Waals surface area contributed by atoms with Gasteiger partial charge in [-0.1, -0.05) is 0 Å². The van der Waals surface area contributed by atoms with E-state index in [4.69, 9.17) is 9.47 Å². The summed E-state index contributed by atoms with van der Waals surface area (Å²) in [6.07, 6.45) is 1.99. The average Bonchev–Trinajstić information content (AvgIpc) is 2.60. The molecule has 1 N–H and O–H groups in total. The molecule has 0 heterocycles. The summed E-state index contributed by atoms with van der Waals surface area (Å²) in [6, 6.07) is 12.4. The number of rotatable bonds is 7. The summed E-state index contributed by atoms with van der Waals surface area (Å²) in [6.45, 7) is 1.32. The van der Waals surface area contributed by atoms with Gasteiger partial charge < -0.3 is 14.8 Å². The van der Waals surface area contributed by atoms with Crippen molar-refractivity contribution in [3.05, 3.63) is 48.0 Å². The maximum absolute atomic E-state index is 12.0. The van der Waals surface area contributed by atoms with E-state index in [-0.39, 0.29) is 18.3 Å². The molecule has 0 spiro atoms. The molecule has 1 amide bonds. The van der Waals surface area contributed by atoms with Crippen LogP contribution in [0.4, 0.5) is 5.69 Å². The van der Waals surface area contributed by atoms with Gasteiger partial charge in [0.1, 0.15) is 0 Å². The van der Waals surface area contributed by atoms with Crippen molar-refractivity contribution >= 4 is 29.1 Å². The first-order valence-corrected chi connectivity index (χ1v) is 8.51. The molecule has 2 rings (SSSR count). The molecule has 0 bridgehead atoms. The third-order valence-corrected chi connectivity index (χ3v) is 4.05. The molecule has 0 saturated carbocycles. The molecule has 24 heavy (non-hydrogen) atoms. The van der Waals surface area contributed by atoms with E-state index in [1.54, 1.807) is 30.0 Å². The highest BCUT2D eigenvalue weighted by molar-refractivity contribution is 7.98. The van der Waals surface area contributed by atoms with Crippen LogP contribution in [-0.2, 0) is 4.79 Å². The van der Waals surface area contributed by atoms with Gasteiger partial charge in [0.2, 0.25) is 0 Å². The van der Waals surface area contributed by atoms with Gasteiger partial charge in [-0.25, -0.2) is 0 Å². The van der Waals surface area contributed by atoms with E-state index in [9.17, 15) is 9.59 Å². The first kappa shape index (κ1) is 17.9. The summed E-state index contributed by atoms with van der Waals surface area (Å²) in [4.78, 5) is 24.5. The fourth-order valence-corrected chi connectivity index (χ4v) is 2.43. The Hall–Kier alpha value is -2.47. The van der Waals surface area contributed by atoms with Crippen molar-refractivity contribution in [3.8, 4) is 11.5 Å². The second-order valence-electron chi connectivity index (χ2n) is 4.99. The van der Waals surface area contributed by atoms with Crippen LogP contribution in [0, 0.1) is 0 Å². The molecule has 0 aliphatic heterocycles. The Morgan fingerprint density at radius 3 is 2.38 bits per heavy atom. The third-order valence-electron chi connectivity index (χ3n) is 3.30. The van der Waals surface area contributed by atoms with Crippen molar-refractivity contribution < 1.29 is 19.1 Å². The number of Topliss-reactive ketones (excluding diaryl/α,β-unsaturated/α-hetero) is 1. The zero-order chi connectivity index (χ0) is 17.5. The predicted octanol–water partition coefficient (Wildman–Crippen LogP) is 3.64. The minimum absolute atomic E-state index is 0.0636. The van der Waals surface area contributed by atoms with Crippen molar-refractivity contribution in [3.63, 3.8) is 0 Å². The summed E-state index contributed by atoms with van der Waals surface area (Å²) in [7, 11) is 1.49. The van der Waals surface area contributed by atoms with Gasteiger partial charge in [0, 0.05) is 16.1 Å². The zero-order valence-corrected chi connectivity index (χ0v) is 14.6. The lowest BCUT2D eigenvalue weighted by atomic mass is 10.1. The molecule has 6 heteroatoms. The second-order valence-corrected chi connectivity index (χ2v) is 5.87. The number of amides is 1. The van der Waals surface area contributed by atoms with E-state index in [2.05, 4.69) is 5.32 Å². The molecule has 0 radical (unpaired) electrons. The number of carbonyl (C=O) groups is 2. The van der Waals surface area contributed by atoms with Crippen LogP contribution in [0.25, 0.3) is 0 Å². The number of ketones is 1. The van der Waals surface area contributed by atoms with Crippen molar-refractivity contribution in [2.45, 2.75) is 11.8 Å². The molecule has 0 atom stereocenters. The molecule has 5 nitrogen and oxygen atoms in total. The minimum atomic E-state index is -0.274. The Balaban J connectivity index is 1.96. The average molecular weight is 345 g/mol. The third kappa shape index (κ3) is 4.76. The molecule has 0 unspecified atom stereocenters. The van der Waals surface area contributed by atoms with Crippen LogP contribution in [0.1, 0.15) is 17.3 Å². The normalized spacial score (nSPS) is 10.1. The largest absolute Gasteiger partial charge is 0.493 e. The Morgan fingerprint density at radius 1 is 1.08 bits per heavy atom. The number of ether oxygens (including phenoxy) is 2. The number of carbonyl (C=O) groups excluding carboxylic acids is 2. The van der Waals surface area contributed by atoms with Crippen LogP contribution in [0.3, 0.4) is 0 Å². The van der Waals surface area contributed by atoms with Crippen molar-refractivity contribution in [2.75, 3.05) is 25.3 Å². The summed E-state index contributed by atoms with van der Waals surface area (Å²) < 4.78 is 10.7. The molecule has 0 aromatic heterocycles. The molecular formula is C18H19NO4S. The summed E-state index contributed by atoms with van der Waals surface area (Å²) in [5.74, 6) is 0.492. The number of benzene rings is 2. The van der Waals surface area contributed by atoms with E-state index in [1.165, 1.54) is 14.0 Å². The summed E-state index contributed by atoms with van der Waals surface area (Å²) in [5.41, 5.74) is 1.23. The van der Waals surface area contributed by atoms with Crippen LogP contribution in [0.2, 0.25) is 0 Å². The Bertz CT molecular complexity index is 728. The molecular weight excluding hydrogens is 326 g/mol. The first-order chi connectivity index (χ1) is 11.5. The maximum atomic E-state index is 12.0. The minimum Gasteiger partial charge on any atom is -0.493 e. The van der Waals surface area contributed by atoms with Gasteiger partial charge in [0.05, 0.1) is 7.11 Å². The van der Waals surface area contributed by atoms with Gasteiger partial charge in [0.15, 0.2) is 23.9 Å². The van der Waals surface area contributed by atoms with Gasteiger partial charge in [0.25, 0.3) is 5.91 Å². The van der Waals surface area contributed by atoms with E-state index < -0.39 is 0 Å². The van der Waals surface area contributed by atoms with Gasteiger partial charge in [-0.2, -0.15) is 0 Å². The fourth-order valence-electron chi connectivity index (χ4n) is 2.02. The highest BCUT2D eigenvalue weighted by atomic mass is 32.2. The fraction of sp³-hybridized carbons (Fsp3) is 0.222. The van der Waals surface area contributed by atoms with E-state index in [0.29, 0.717) is 22.7 Å². The summed E-state index contributed by atoms with van der Waals surface area (Å²) >= 11 is 1.64. The number of nitrogens with one attached hydrogen (secondary N) is 1. The van der Waals surface area contributed by atoms with E-state index in [1.807, 2.05) is 30.5 Å². The number of hydrogen-bond acceptors (Lipinski definition) is 5. The molecule has 0 saturated heterocycles.